The maximum absolute atomic E-state index is 13.4. The van der Waals surface area contributed by atoms with Crippen molar-refractivity contribution >= 4 is 18.3 Å². The van der Waals surface area contributed by atoms with Gasteiger partial charge in [0.25, 0.3) is 5.91 Å². The molecule has 28 heavy (non-hydrogen) atoms. The van der Waals surface area contributed by atoms with Crippen LogP contribution in [0, 0.1) is 5.92 Å². The fourth-order valence-electron chi connectivity index (χ4n) is 3.80. The molecular weight excluding hydrogens is 372 g/mol. The molecule has 1 aliphatic rings. The Morgan fingerprint density at radius 3 is 2.36 bits per heavy atom. The van der Waals surface area contributed by atoms with Crippen LogP contribution in [0.25, 0.3) is 16.9 Å². The number of hydrogen-bond donors (Lipinski definition) is 1. The molecule has 2 aromatic carbocycles. The summed E-state index contributed by atoms with van der Waals surface area (Å²) in [5.74, 6) is 0.396. The van der Waals surface area contributed by atoms with E-state index in [0.29, 0.717) is 30.3 Å². The minimum absolute atomic E-state index is 0. The van der Waals surface area contributed by atoms with Crippen LogP contribution in [0.5, 0.6) is 0 Å². The van der Waals surface area contributed by atoms with Crippen molar-refractivity contribution in [1.29, 1.82) is 0 Å². The summed E-state index contributed by atoms with van der Waals surface area (Å²) < 4.78 is 1.79. The fourth-order valence-corrected chi connectivity index (χ4v) is 3.80. The third-order valence-electron chi connectivity index (χ3n) is 5.27. The Morgan fingerprint density at radius 1 is 1.11 bits per heavy atom. The Bertz CT molecular complexity index is 926. The van der Waals surface area contributed by atoms with Gasteiger partial charge in [-0.05, 0) is 37.9 Å². The van der Waals surface area contributed by atoms with Gasteiger partial charge in [0, 0.05) is 24.3 Å². The zero-order chi connectivity index (χ0) is 18.8. The second-order valence-electron chi connectivity index (χ2n) is 7.18. The van der Waals surface area contributed by atoms with Crippen molar-refractivity contribution in [2.75, 3.05) is 13.1 Å². The molecule has 2 N–H and O–H groups in total. The Kier molecular flexibility index (Phi) is 6.17. The molecule has 0 aliphatic carbocycles. The van der Waals surface area contributed by atoms with E-state index in [2.05, 4.69) is 6.92 Å². The topological polar surface area (TPSA) is 64.2 Å². The highest BCUT2D eigenvalue weighted by atomic mass is 35.5. The Morgan fingerprint density at radius 2 is 1.75 bits per heavy atom. The van der Waals surface area contributed by atoms with E-state index in [-0.39, 0.29) is 24.4 Å². The van der Waals surface area contributed by atoms with E-state index in [1.165, 1.54) is 0 Å². The van der Waals surface area contributed by atoms with Crippen molar-refractivity contribution in [2.45, 2.75) is 19.4 Å². The molecule has 0 bridgehead atoms. The van der Waals surface area contributed by atoms with Crippen LogP contribution in [0.1, 0.15) is 23.7 Å². The fraction of sp³-hybridized carbons (Fsp3) is 0.273. The Hall–Kier alpha value is -2.63. The molecule has 1 fully saturated rings. The number of nitrogens with two attached hydrogens (primary N) is 1. The van der Waals surface area contributed by atoms with Crippen LogP contribution in [-0.2, 0) is 0 Å². The molecule has 2 unspecified atom stereocenters. The largest absolute Gasteiger partial charge is 0.335 e. The number of nitrogens with zero attached hydrogens (tertiary/aromatic N) is 3. The van der Waals surface area contributed by atoms with Crippen LogP contribution in [0.15, 0.2) is 66.9 Å². The molecular formula is C22H25ClN4O. The third kappa shape index (κ3) is 3.81. The monoisotopic (exact) mass is 396 g/mol. The summed E-state index contributed by atoms with van der Waals surface area (Å²) in [6, 6.07) is 19.9. The van der Waals surface area contributed by atoms with Gasteiger partial charge in [-0.2, -0.15) is 5.10 Å². The Balaban J connectivity index is 0.00000225. The van der Waals surface area contributed by atoms with Crippen molar-refractivity contribution < 1.29 is 4.79 Å². The minimum atomic E-state index is 0. The first-order valence-electron chi connectivity index (χ1n) is 9.39. The maximum atomic E-state index is 13.4. The summed E-state index contributed by atoms with van der Waals surface area (Å²) >= 11 is 0. The molecule has 2 atom stereocenters. The number of hydrogen-bond acceptors (Lipinski definition) is 3. The van der Waals surface area contributed by atoms with Crippen molar-refractivity contribution in [3.63, 3.8) is 0 Å². The highest BCUT2D eigenvalue weighted by molar-refractivity contribution is 6.00. The van der Waals surface area contributed by atoms with Gasteiger partial charge < -0.3 is 10.6 Å². The van der Waals surface area contributed by atoms with Crippen LogP contribution in [0.2, 0.25) is 0 Å². The molecule has 5 nitrogen and oxygen atoms in total. The van der Waals surface area contributed by atoms with Gasteiger partial charge in [-0.15, -0.1) is 12.4 Å². The molecule has 6 heteroatoms. The lowest BCUT2D eigenvalue weighted by molar-refractivity contribution is 0.0744. The average Bonchev–Trinajstić information content (AvgIpc) is 3.33. The third-order valence-corrected chi connectivity index (χ3v) is 5.27. The second kappa shape index (κ2) is 8.59. The van der Waals surface area contributed by atoms with Gasteiger partial charge >= 0.3 is 0 Å². The van der Waals surface area contributed by atoms with Gasteiger partial charge in [0.05, 0.1) is 11.3 Å². The number of carbonyl (C=O) groups excluding carboxylic acids is 1. The van der Waals surface area contributed by atoms with E-state index in [1.54, 1.807) is 4.68 Å². The molecule has 0 saturated carbocycles. The lowest BCUT2D eigenvalue weighted by atomic mass is 10.1. The highest BCUT2D eigenvalue weighted by Gasteiger charge is 2.34. The number of rotatable bonds is 4. The summed E-state index contributed by atoms with van der Waals surface area (Å²) in [4.78, 5) is 15.3. The van der Waals surface area contributed by atoms with Crippen molar-refractivity contribution in [3.05, 3.63) is 72.4 Å². The van der Waals surface area contributed by atoms with Crippen LogP contribution >= 0.6 is 12.4 Å². The zero-order valence-electron chi connectivity index (χ0n) is 15.9. The summed E-state index contributed by atoms with van der Waals surface area (Å²) in [5, 5.41) is 4.75. The van der Waals surface area contributed by atoms with E-state index < -0.39 is 0 Å². The lowest BCUT2D eigenvalue weighted by Gasteiger charge is -2.21. The smallest absolute Gasteiger partial charge is 0.257 e. The SMILES string of the molecule is CC1CC(CN)CN1C(=O)c1cn(-c2ccccc2)nc1-c1ccccc1.Cl. The number of aromatic nitrogens is 2. The van der Waals surface area contributed by atoms with E-state index in [0.717, 1.165) is 17.7 Å². The second-order valence-corrected chi connectivity index (χ2v) is 7.18. The quantitative estimate of drug-likeness (QED) is 0.730. The minimum Gasteiger partial charge on any atom is -0.335 e. The molecule has 3 aromatic rings. The van der Waals surface area contributed by atoms with Crippen molar-refractivity contribution in [1.82, 2.24) is 14.7 Å². The number of benzene rings is 2. The number of para-hydroxylation sites is 1. The molecule has 1 aromatic heterocycles. The van der Waals surface area contributed by atoms with Gasteiger partial charge in [0.15, 0.2) is 0 Å². The molecule has 0 spiro atoms. The van der Waals surface area contributed by atoms with E-state index in [9.17, 15) is 4.79 Å². The maximum Gasteiger partial charge on any atom is 0.257 e. The lowest BCUT2D eigenvalue weighted by Crippen LogP contribution is -2.34. The van der Waals surface area contributed by atoms with E-state index in [1.807, 2.05) is 71.8 Å². The molecule has 0 radical (unpaired) electrons. The van der Waals surface area contributed by atoms with Crippen molar-refractivity contribution in [3.8, 4) is 16.9 Å². The predicted octanol–water partition coefficient (Wildman–Crippen LogP) is 3.77. The summed E-state index contributed by atoms with van der Waals surface area (Å²) in [7, 11) is 0. The first kappa shape index (κ1) is 20.1. The van der Waals surface area contributed by atoms with Gasteiger partial charge in [-0.3, -0.25) is 4.79 Å². The van der Waals surface area contributed by atoms with Gasteiger partial charge in [0.2, 0.25) is 0 Å². The summed E-state index contributed by atoms with van der Waals surface area (Å²) in [5.41, 5.74) is 9.07. The molecule has 1 amide bonds. The molecule has 2 heterocycles. The van der Waals surface area contributed by atoms with Crippen LogP contribution in [0.4, 0.5) is 0 Å². The normalized spacial score (nSPS) is 18.7. The molecule has 146 valence electrons. The van der Waals surface area contributed by atoms with Gasteiger partial charge in [-0.25, -0.2) is 4.68 Å². The molecule has 1 aliphatic heterocycles. The first-order valence-corrected chi connectivity index (χ1v) is 9.39. The Labute approximate surface area is 171 Å². The molecule has 4 rings (SSSR count). The predicted molar refractivity (Wildman–Crippen MR) is 114 cm³/mol. The standard InChI is InChI=1S/C22H24N4O.ClH/c1-16-12-17(13-23)14-25(16)22(27)20-15-26(19-10-6-3-7-11-19)24-21(20)18-8-4-2-5-9-18;/h2-11,15-17H,12-14,23H2,1H3;1H. The van der Waals surface area contributed by atoms with Crippen LogP contribution in [0.3, 0.4) is 0 Å². The number of amides is 1. The number of likely N-dealkylation sites (tertiary alicyclic amines) is 1. The zero-order valence-corrected chi connectivity index (χ0v) is 16.7. The first-order chi connectivity index (χ1) is 13.2. The van der Waals surface area contributed by atoms with E-state index >= 15 is 0 Å². The summed E-state index contributed by atoms with van der Waals surface area (Å²) in [6.07, 6.45) is 2.80. The van der Waals surface area contributed by atoms with Gasteiger partial charge in [0.1, 0.15) is 5.69 Å². The van der Waals surface area contributed by atoms with Crippen LogP contribution < -0.4 is 5.73 Å². The highest BCUT2D eigenvalue weighted by Crippen LogP contribution is 2.29. The van der Waals surface area contributed by atoms with E-state index in [4.69, 9.17) is 10.8 Å². The van der Waals surface area contributed by atoms with Crippen molar-refractivity contribution in [2.24, 2.45) is 11.7 Å². The van der Waals surface area contributed by atoms with Gasteiger partial charge in [-0.1, -0.05) is 48.5 Å². The molecule has 1 saturated heterocycles. The number of halogens is 1. The average molecular weight is 397 g/mol. The van der Waals surface area contributed by atoms with Crippen LogP contribution in [-0.4, -0.2) is 39.7 Å². The summed E-state index contributed by atoms with van der Waals surface area (Å²) in [6.45, 7) is 3.42. The number of carbonyl (C=O) groups is 1.